The first kappa shape index (κ1) is 25.7. The third-order valence-electron chi connectivity index (χ3n) is 6.36. The molecule has 7 nitrogen and oxygen atoms in total. The molecule has 37 heavy (non-hydrogen) atoms. The molecule has 0 bridgehead atoms. The summed E-state index contributed by atoms with van der Waals surface area (Å²) >= 11 is 6.01. The number of hydrogen-bond acceptors (Lipinski definition) is 6. The summed E-state index contributed by atoms with van der Waals surface area (Å²) in [7, 11) is -4.28. The Morgan fingerprint density at radius 2 is 1.62 bits per heavy atom. The van der Waals surface area contributed by atoms with Gasteiger partial charge in [0.1, 0.15) is 10.6 Å². The third kappa shape index (κ3) is 5.22. The van der Waals surface area contributed by atoms with E-state index >= 15 is 0 Å². The molecule has 1 aliphatic carbocycles. The number of nitrogens with zero attached hydrogens (tertiary/aromatic N) is 1. The van der Waals surface area contributed by atoms with Crippen LogP contribution in [0.25, 0.3) is 0 Å². The van der Waals surface area contributed by atoms with Crippen LogP contribution in [-0.2, 0) is 10.0 Å². The highest BCUT2D eigenvalue weighted by atomic mass is 35.5. The summed E-state index contributed by atoms with van der Waals surface area (Å²) in [5.74, 6) is 0.590. The van der Waals surface area contributed by atoms with Gasteiger partial charge in [-0.2, -0.15) is 0 Å². The zero-order valence-electron chi connectivity index (χ0n) is 19.2. The van der Waals surface area contributed by atoms with E-state index in [1.165, 1.54) is 0 Å². The van der Waals surface area contributed by atoms with Gasteiger partial charge in [0.15, 0.2) is 11.5 Å². The lowest BCUT2D eigenvalue weighted by molar-refractivity contribution is -0.274. The maximum absolute atomic E-state index is 13.1. The first-order valence-corrected chi connectivity index (χ1v) is 13.3. The molecule has 0 aromatic heterocycles. The number of halogens is 4. The molecular weight excluding hydrogens is 533 g/mol. The van der Waals surface area contributed by atoms with Crippen molar-refractivity contribution in [2.24, 2.45) is 0 Å². The lowest BCUT2D eigenvalue weighted by Crippen LogP contribution is -2.56. The molecule has 3 atom stereocenters. The minimum atomic E-state index is -4.94. The van der Waals surface area contributed by atoms with Crippen molar-refractivity contribution in [1.29, 1.82) is 0 Å². The Morgan fingerprint density at radius 1 is 1.00 bits per heavy atom. The fourth-order valence-corrected chi connectivity index (χ4v) is 6.64. The summed E-state index contributed by atoms with van der Waals surface area (Å²) < 4.78 is 76.1. The van der Waals surface area contributed by atoms with Gasteiger partial charge in [0.2, 0.25) is 10.0 Å². The monoisotopic (exact) mass is 554 g/mol. The Kier molecular flexibility index (Phi) is 6.73. The molecule has 0 amide bonds. The Morgan fingerprint density at radius 3 is 2.22 bits per heavy atom. The van der Waals surface area contributed by atoms with E-state index in [9.17, 15) is 26.7 Å². The van der Waals surface area contributed by atoms with Gasteiger partial charge in [-0.05, 0) is 55.7 Å². The van der Waals surface area contributed by atoms with E-state index in [2.05, 4.69) is 9.46 Å². The Bertz CT molecular complexity index is 1370. The molecule has 3 aromatic carbocycles. The predicted molar refractivity (Wildman–Crippen MR) is 131 cm³/mol. The lowest BCUT2D eigenvalue weighted by Gasteiger charge is -2.44. The molecule has 0 unspecified atom stereocenters. The van der Waals surface area contributed by atoms with E-state index in [0.717, 1.165) is 29.6 Å². The van der Waals surface area contributed by atoms with Crippen LogP contribution in [0.2, 0.25) is 5.02 Å². The second kappa shape index (κ2) is 9.71. The summed E-state index contributed by atoms with van der Waals surface area (Å²) in [4.78, 5) is 1.55. The molecule has 0 saturated heterocycles. The molecule has 1 aliphatic heterocycles. The smallest absolute Gasteiger partial charge is 0.453 e. The van der Waals surface area contributed by atoms with Crippen molar-refractivity contribution in [2.75, 3.05) is 4.90 Å². The number of hydrogen-bond donors (Lipinski definition) is 2. The van der Waals surface area contributed by atoms with Crippen molar-refractivity contribution in [3.8, 4) is 17.2 Å². The average Bonchev–Trinajstić information content (AvgIpc) is 2.83. The molecule has 3 aromatic rings. The van der Waals surface area contributed by atoms with Crippen LogP contribution in [0.3, 0.4) is 0 Å². The highest BCUT2D eigenvalue weighted by Crippen LogP contribution is 2.49. The number of benzene rings is 3. The molecular formula is C25H22ClF3N2O5S. The minimum absolute atomic E-state index is 0.359. The maximum atomic E-state index is 13.1. The summed E-state index contributed by atoms with van der Waals surface area (Å²) in [5, 5.41) is 11.0. The highest BCUT2D eigenvalue weighted by molar-refractivity contribution is 7.89. The number of para-hydroxylation sites is 4. The second-order valence-electron chi connectivity index (χ2n) is 8.76. The standard InChI is InChI=1S/C25H22ClF3N2O5S/c26-16-14-15(36-25(27,28)29)12-13-23(16)37(33,34)30-17-6-5-9-20(24(17)32)31-18-7-1-3-10-21(18)35-22-11-4-2-8-19(22)31/h1-4,7-8,10-14,17,20,24,30,32H,5-6,9H2/t17-,20+,24+/m1/s1. The van der Waals surface area contributed by atoms with Crippen LogP contribution in [0.15, 0.2) is 71.6 Å². The molecule has 0 spiro atoms. The van der Waals surface area contributed by atoms with E-state index in [0.29, 0.717) is 30.8 Å². The van der Waals surface area contributed by atoms with Crippen LogP contribution >= 0.6 is 11.6 Å². The SMILES string of the molecule is O=S(=O)(N[C@@H]1CCC[C@H](N2c3ccccc3Oc3ccccc32)[C@H]1O)c1ccc(OC(F)(F)F)cc1Cl. The summed E-state index contributed by atoms with van der Waals surface area (Å²) in [5.41, 5.74) is 1.49. The molecule has 5 rings (SSSR count). The van der Waals surface area contributed by atoms with Crippen molar-refractivity contribution < 1.29 is 36.2 Å². The van der Waals surface area contributed by atoms with Crippen LogP contribution in [0.4, 0.5) is 24.5 Å². The molecule has 2 N–H and O–H groups in total. The van der Waals surface area contributed by atoms with Gasteiger partial charge in [-0.25, -0.2) is 13.1 Å². The number of sulfonamides is 1. The number of anilines is 2. The van der Waals surface area contributed by atoms with Crippen molar-refractivity contribution >= 4 is 33.0 Å². The molecule has 1 heterocycles. The van der Waals surface area contributed by atoms with Gasteiger partial charge in [0.05, 0.1) is 34.6 Å². The van der Waals surface area contributed by atoms with Crippen molar-refractivity contribution in [3.63, 3.8) is 0 Å². The van der Waals surface area contributed by atoms with Crippen molar-refractivity contribution in [2.45, 2.75) is 48.7 Å². The lowest BCUT2D eigenvalue weighted by atomic mass is 9.86. The Balaban J connectivity index is 1.41. The van der Waals surface area contributed by atoms with Crippen LogP contribution in [0.1, 0.15) is 19.3 Å². The number of rotatable bonds is 5. The topological polar surface area (TPSA) is 88.1 Å². The van der Waals surface area contributed by atoms with Gasteiger partial charge in [-0.15, -0.1) is 13.2 Å². The predicted octanol–water partition coefficient (Wildman–Crippen LogP) is 5.74. The quantitative estimate of drug-likeness (QED) is 0.418. The van der Waals surface area contributed by atoms with Gasteiger partial charge >= 0.3 is 6.36 Å². The van der Waals surface area contributed by atoms with Gasteiger partial charge in [0.25, 0.3) is 0 Å². The maximum Gasteiger partial charge on any atom is 0.573 e. The number of nitrogens with one attached hydrogen (secondary N) is 1. The zero-order valence-corrected chi connectivity index (χ0v) is 20.7. The van der Waals surface area contributed by atoms with Crippen molar-refractivity contribution in [1.82, 2.24) is 4.72 Å². The van der Waals surface area contributed by atoms with Crippen LogP contribution in [0, 0.1) is 0 Å². The molecule has 1 saturated carbocycles. The van der Waals surface area contributed by atoms with E-state index in [-0.39, 0.29) is 0 Å². The number of alkyl halides is 3. The van der Waals surface area contributed by atoms with Crippen molar-refractivity contribution in [3.05, 3.63) is 71.8 Å². The van der Waals surface area contributed by atoms with Gasteiger partial charge in [-0.1, -0.05) is 35.9 Å². The fraction of sp³-hybridized carbons (Fsp3) is 0.280. The van der Waals surface area contributed by atoms with E-state index < -0.39 is 50.2 Å². The van der Waals surface area contributed by atoms with Crippen LogP contribution in [0.5, 0.6) is 17.2 Å². The summed E-state index contributed by atoms with van der Waals surface area (Å²) in [6.07, 6.45) is -4.50. The first-order chi connectivity index (χ1) is 17.5. The molecule has 0 radical (unpaired) electrons. The number of aliphatic hydroxyl groups excluding tert-OH is 1. The number of fused-ring (bicyclic) bond motifs is 2. The normalized spacial score (nSPS) is 21.5. The molecule has 2 aliphatic rings. The van der Waals surface area contributed by atoms with E-state index in [1.807, 2.05) is 53.4 Å². The molecule has 1 fully saturated rings. The van der Waals surface area contributed by atoms with E-state index in [1.54, 1.807) is 0 Å². The first-order valence-electron chi connectivity index (χ1n) is 11.4. The highest BCUT2D eigenvalue weighted by Gasteiger charge is 2.41. The average molecular weight is 555 g/mol. The largest absolute Gasteiger partial charge is 0.573 e. The van der Waals surface area contributed by atoms with E-state index in [4.69, 9.17) is 16.3 Å². The van der Waals surface area contributed by atoms with Crippen LogP contribution < -0.4 is 19.1 Å². The Hall–Kier alpha value is -2.99. The van der Waals surface area contributed by atoms with Gasteiger partial charge in [-0.3, -0.25) is 0 Å². The van der Waals surface area contributed by atoms with Gasteiger partial charge in [0, 0.05) is 6.07 Å². The third-order valence-corrected chi connectivity index (χ3v) is 8.33. The molecule has 12 heteroatoms. The number of aliphatic hydroxyl groups is 1. The molecule has 196 valence electrons. The Labute approximate surface area is 216 Å². The summed E-state index contributed by atoms with van der Waals surface area (Å²) in [6.45, 7) is 0. The second-order valence-corrected chi connectivity index (χ2v) is 10.9. The number of ether oxygens (including phenoxy) is 2. The minimum Gasteiger partial charge on any atom is -0.453 e. The van der Waals surface area contributed by atoms with Gasteiger partial charge < -0.3 is 19.5 Å². The van der Waals surface area contributed by atoms with Crippen LogP contribution in [-0.4, -0.2) is 38.1 Å². The zero-order chi connectivity index (χ0) is 26.4. The fourth-order valence-electron chi connectivity index (χ4n) is 4.82. The summed E-state index contributed by atoms with van der Waals surface area (Å²) in [6, 6.07) is 16.0.